The van der Waals surface area contributed by atoms with E-state index in [1.54, 1.807) is 10.9 Å². The Balaban J connectivity index is 2.47. The van der Waals surface area contributed by atoms with Crippen molar-refractivity contribution in [3.05, 3.63) is 18.7 Å². The zero-order chi connectivity index (χ0) is 11.3. The molecule has 1 rings (SSSR count). The van der Waals surface area contributed by atoms with Gasteiger partial charge in [0.2, 0.25) is 0 Å². The van der Waals surface area contributed by atoms with Crippen molar-refractivity contribution in [2.75, 3.05) is 7.11 Å². The number of ether oxygens (including phenoxy) is 1. The smallest absolute Gasteiger partial charge is 0.421 e. The Bertz CT molecular complexity index is 412. The quantitative estimate of drug-likeness (QED) is 0.697. The van der Waals surface area contributed by atoms with E-state index in [-0.39, 0.29) is 6.67 Å². The number of amides is 1. The Kier molecular flexibility index (Phi) is 3.63. The second kappa shape index (κ2) is 4.75. The average Bonchev–Trinajstić information content (AvgIpc) is 2.66. The molecule has 15 heavy (non-hydrogen) atoms. The number of carbonyl (C=O) groups is 1. The van der Waals surface area contributed by atoms with Crippen LogP contribution in [0.1, 0.15) is 0 Å². The number of aromatic nitrogens is 2. The lowest BCUT2D eigenvalue weighted by atomic mass is 10.9. The molecule has 9 heteroatoms. The first-order valence-corrected chi connectivity index (χ1v) is 5.33. The average molecular weight is 234 g/mol. The molecule has 0 radical (unpaired) electrons. The SMILES string of the molecule is COC(=O)NS(=O)(=O)NCn1ccnc1. The van der Waals surface area contributed by atoms with Crippen molar-refractivity contribution in [2.24, 2.45) is 0 Å². The molecule has 0 unspecified atom stereocenters. The van der Waals surface area contributed by atoms with Gasteiger partial charge in [0.25, 0.3) is 0 Å². The van der Waals surface area contributed by atoms with E-state index in [9.17, 15) is 13.2 Å². The molecule has 0 aliphatic rings. The molecule has 0 saturated carbocycles. The molecule has 1 aromatic heterocycles. The van der Waals surface area contributed by atoms with Gasteiger partial charge < -0.3 is 9.30 Å². The molecule has 0 aliphatic carbocycles. The third-order valence-electron chi connectivity index (χ3n) is 1.40. The summed E-state index contributed by atoms with van der Waals surface area (Å²) < 4.78 is 31.6. The van der Waals surface area contributed by atoms with Gasteiger partial charge in [0.05, 0.1) is 20.1 Å². The first-order valence-electron chi connectivity index (χ1n) is 3.84. The van der Waals surface area contributed by atoms with Crippen LogP contribution in [0.25, 0.3) is 0 Å². The van der Waals surface area contributed by atoms with E-state index in [4.69, 9.17) is 0 Å². The van der Waals surface area contributed by atoms with Crippen molar-refractivity contribution in [3.63, 3.8) is 0 Å². The molecule has 0 bridgehead atoms. The van der Waals surface area contributed by atoms with E-state index in [1.165, 1.54) is 17.1 Å². The van der Waals surface area contributed by atoms with Gasteiger partial charge in [-0.1, -0.05) is 0 Å². The lowest BCUT2D eigenvalue weighted by molar-refractivity contribution is 0.177. The maximum absolute atomic E-state index is 11.1. The molecule has 0 saturated heterocycles. The van der Waals surface area contributed by atoms with Gasteiger partial charge in [-0.15, -0.1) is 0 Å². The molecule has 0 aliphatic heterocycles. The second-order valence-electron chi connectivity index (χ2n) is 2.48. The number of nitrogens with zero attached hydrogens (tertiary/aromatic N) is 2. The minimum Gasteiger partial charge on any atom is -0.452 e. The minimum atomic E-state index is -3.89. The number of nitrogens with one attached hydrogen (secondary N) is 2. The topological polar surface area (TPSA) is 102 Å². The molecule has 8 nitrogen and oxygen atoms in total. The zero-order valence-electron chi connectivity index (χ0n) is 7.87. The number of imidazole rings is 1. The van der Waals surface area contributed by atoms with Gasteiger partial charge >= 0.3 is 16.3 Å². The fourth-order valence-corrected chi connectivity index (χ4v) is 1.42. The number of carbonyl (C=O) groups excluding carboxylic acids is 1. The number of hydrogen-bond acceptors (Lipinski definition) is 5. The van der Waals surface area contributed by atoms with Crippen molar-refractivity contribution in [1.82, 2.24) is 19.0 Å². The van der Waals surface area contributed by atoms with Crippen LogP contribution in [0.4, 0.5) is 4.79 Å². The van der Waals surface area contributed by atoms with Crippen molar-refractivity contribution in [1.29, 1.82) is 0 Å². The maximum Gasteiger partial charge on any atom is 0.421 e. The lowest BCUT2D eigenvalue weighted by Crippen LogP contribution is -2.40. The van der Waals surface area contributed by atoms with E-state index >= 15 is 0 Å². The lowest BCUT2D eigenvalue weighted by Gasteiger charge is -2.07. The molecule has 0 spiro atoms. The van der Waals surface area contributed by atoms with Crippen LogP contribution >= 0.6 is 0 Å². The van der Waals surface area contributed by atoms with Crippen LogP contribution in [-0.2, 0) is 21.6 Å². The summed E-state index contributed by atoms with van der Waals surface area (Å²) in [6, 6.07) is 0. The Morgan fingerprint density at radius 1 is 1.60 bits per heavy atom. The number of hydrogen-bond donors (Lipinski definition) is 2. The summed E-state index contributed by atoms with van der Waals surface area (Å²) in [7, 11) is -2.82. The standard InChI is InChI=1S/C6H10N4O4S/c1-14-6(11)9-15(12,13)8-5-10-3-2-7-4-10/h2-4,8H,5H2,1H3,(H,9,11). The summed E-state index contributed by atoms with van der Waals surface area (Å²) in [4.78, 5) is 14.3. The third-order valence-corrected chi connectivity index (χ3v) is 2.34. The molecule has 84 valence electrons. The van der Waals surface area contributed by atoms with Gasteiger partial charge in [-0.25, -0.2) is 14.5 Å². The van der Waals surface area contributed by atoms with E-state index < -0.39 is 16.3 Å². The predicted octanol–water partition coefficient (Wildman–Crippen LogP) is -0.969. The third kappa shape index (κ3) is 3.95. The summed E-state index contributed by atoms with van der Waals surface area (Å²) in [6.45, 7) is -0.0215. The molecular weight excluding hydrogens is 224 g/mol. The second-order valence-corrected chi connectivity index (χ2v) is 3.98. The maximum atomic E-state index is 11.1. The summed E-state index contributed by atoms with van der Waals surface area (Å²) >= 11 is 0. The van der Waals surface area contributed by atoms with Crippen LogP contribution in [0.15, 0.2) is 18.7 Å². The summed E-state index contributed by atoms with van der Waals surface area (Å²) in [5.74, 6) is 0. The first kappa shape index (κ1) is 11.5. The fourth-order valence-electron chi connectivity index (χ4n) is 0.727. The normalized spacial score (nSPS) is 11.0. The Labute approximate surface area is 86.4 Å². The molecule has 1 heterocycles. The highest BCUT2D eigenvalue weighted by Crippen LogP contribution is 1.85. The van der Waals surface area contributed by atoms with Gasteiger partial charge in [-0.05, 0) is 0 Å². The molecule has 0 atom stereocenters. The largest absolute Gasteiger partial charge is 0.452 e. The van der Waals surface area contributed by atoms with Crippen LogP contribution in [0.3, 0.4) is 0 Å². The summed E-state index contributed by atoms with van der Waals surface area (Å²) in [5.41, 5.74) is 0. The van der Waals surface area contributed by atoms with Crippen molar-refractivity contribution in [3.8, 4) is 0 Å². The van der Waals surface area contributed by atoms with Gasteiger partial charge in [-0.3, -0.25) is 0 Å². The van der Waals surface area contributed by atoms with Crippen LogP contribution in [0, 0.1) is 0 Å². The Morgan fingerprint density at radius 3 is 2.87 bits per heavy atom. The van der Waals surface area contributed by atoms with Crippen molar-refractivity contribution >= 4 is 16.3 Å². The minimum absolute atomic E-state index is 0.0215. The highest BCUT2D eigenvalue weighted by Gasteiger charge is 2.13. The number of methoxy groups -OCH3 is 1. The molecule has 0 fully saturated rings. The fraction of sp³-hybridized carbons (Fsp3) is 0.333. The van der Waals surface area contributed by atoms with Gasteiger partial charge in [0.1, 0.15) is 0 Å². The van der Waals surface area contributed by atoms with Crippen molar-refractivity contribution in [2.45, 2.75) is 6.67 Å². The molecule has 1 amide bonds. The molecule has 0 aromatic carbocycles. The molecule has 2 N–H and O–H groups in total. The molecule has 1 aromatic rings. The first-order chi connectivity index (χ1) is 7.03. The van der Waals surface area contributed by atoms with Crippen LogP contribution in [0.5, 0.6) is 0 Å². The predicted molar refractivity (Wildman–Crippen MR) is 49.8 cm³/mol. The highest BCUT2D eigenvalue weighted by atomic mass is 32.2. The van der Waals surface area contributed by atoms with E-state index in [0.717, 1.165) is 7.11 Å². The Morgan fingerprint density at radius 2 is 2.33 bits per heavy atom. The van der Waals surface area contributed by atoms with E-state index in [1.807, 2.05) is 0 Å². The Hall–Kier alpha value is -1.61. The van der Waals surface area contributed by atoms with E-state index in [0.29, 0.717) is 0 Å². The van der Waals surface area contributed by atoms with Crippen LogP contribution in [0.2, 0.25) is 0 Å². The summed E-state index contributed by atoms with van der Waals surface area (Å²) in [6.07, 6.45) is 3.46. The summed E-state index contributed by atoms with van der Waals surface area (Å²) in [5, 5.41) is 0. The van der Waals surface area contributed by atoms with Gasteiger partial charge in [0, 0.05) is 12.4 Å². The van der Waals surface area contributed by atoms with Crippen LogP contribution in [-0.4, -0.2) is 31.2 Å². The van der Waals surface area contributed by atoms with Crippen LogP contribution < -0.4 is 9.44 Å². The van der Waals surface area contributed by atoms with Gasteiger partial charge in [0.15, 0.2) is 0 Å². The molecular formula is C6H10N4O4S. The number of rotatable bonds is 4. The van der Waals surface area contributed by atoms with Gasteiger partial charge in [-0.2, -0.15) is 13.1 Å². The monoisotopic (exact) mass is 234 g/mol. The van der Waals surface area contributed by atoms with Crippen molar-refractivity contribution < 1.29 is 17.9 Å². The highest BCUT2D eigenvalue weighted by molar-refractivity contribution is 7.88. The van der Waals surface area contributed by atoms with E-state index in [2.05, 4.69) is 14.4 Å². The zero-order valence-corrected chi connectivity index (χ0v) is 8.69.